The molecule has 0 saturated heterocycles. The lowest BCUT2D eigenvalue weighted by atomic mass is 10.1. The van der Waals surface area contributed by atoms with Crippen LogP contribution in [0.2, 0.25) is 0 Å². The van der Waals surface area contributed by atoms with E-state index in [0.29, 0.717) is 12.2 Å². The van der Waals surface area contributed by atoms with E-state index in [4.69, 9.17) is 0 Å². The van der Waals surface area contributed by atoms with Crippen LogP contribution in [0.4, 0.5) is 0 Å². The minimum atomic E-state index is -0.132. The second-order valence-electron chi connectivity index (χ2n) is 4.37. The summed E-state index contributed by atoms with van der Waals surface area (Å²) in [4.78, 5) is 11.7. The van der Waals surface area contributed by atoms with Crippen molar-refractivity contribution in [3.8, 4) is 0 Å². The van der Waals surface area contributed by atoms with Crippen LogP contribution < -0.4 is 5.32 Å². The van der Waals surface area contributed by atoms with Gasteiger partial charge in [0, 0.05) is 12.2 Å². The van der Waals surface area contributed by atoms with Gasteiger partial charge in [-0.1, -0.05) is 24.3 Å². The van der Waals surface area contributed by atoms with Crippen molar-refractivity contribution in [2.75, 3.05) is 6.54 Å². The lowest BCUT2D eigenvalue weighted by Gasteiger charge is -2.06. The van der Waals surface area contributed by atoms with Crippen molar-refractivity contribution < 1.29 is 4.79 Å². The van der Waals surface area contributed by atoms with Gasteiger partial charge < -0.3 is 5.32 Å². The molecule has 0 aliphatic rings. The maximum Gasteiger partial charge on any atom is 0.271 e. The summed E-state index contributed by atoms with van der Waals surface area (Å²) in [6.07, 6.45) is 0.835. The Balaban J connectivity index is 1.86. The average molecular weight is 243 g/mol. The fourth-order valence-corrected chi connectivity index (χ4v) is 1.83. The van der Waals surface area contributed by atoms with Crippen LogP contribution >= 0.6 is 0 Å². The van der Waals surface area contributed by atoms with Gasteiger partial charge in [0.2, 0.25) is 0 Å². The molecule has 1 heterocycles. The van der Waals surface area contributed by atoms with Crippen molar-refractivity contribution in [3.63, 3.8) is 0 Å². The first-order valence-corrected chi connectivity index (χ1v) is 6.01. The van der Waals surface area contributed by atoms with Gasteiger partial charge in [-0.15, -0.1) is 0 Å². The van der Waals surface area contributed by atoms with Gasteiger partial charge >= 0.3 is 0 Å². The highest BCUT2D eigenvalue weighted by molar-refractivity contribution is 5.92. The van der Waals surface area contributed by atoms with Crippen LogP contribution in [0.3, 0.4) is 0 Å². The lowest BCUT2D eigenvalue weighted by Crippen LogP contribution is -2.26. The highest BCUT2D eigenvalue weighted by Crippen LogP contribution is 2.07. The molecule has 0 atom stereocenters. The molecule has 4 nitrogen and oxygen atoms in total. The number of nitrogens with zero attached hydrogens (tertiary/aromatic N) is 1. The summed E-state index contributed by atoms with van der Waals surface area (Å²) in [5, 5.41) is 9.54. The van der Waals surface area contributed by atoms with E-state index in [1.165, 1.54) is 11.1 Å². The van der Waals surface area contributed by atoms with Gasteiger partial charge in [0.15, 0.2) is 0 Å². The van der Waals surface area contributed by atoms with Crippen LogP contribution in [0.15, 0.2) is 30.3 Å². The van der Waals surface area contributed by atoms with Gasteiger partial charge in [0.1, 0.15) is 5.69 Å². The Labute approximate surface area is 106 Å². The first-order valence-electron chi connectivity index (χ1n) is 6.01. The van der Waals surface area contributed by atoms with E-state index in [2.05, 4.69) is 34.6 Å². The second-order valence-corrected chi connectivity index (χ2v) is 4.37. The monoisotopic (exact) mass is 243 g/mol. The van der Waals surface area contributed by atoms with Gasteiger partial charge in [0.05, 0.1) is 0 Å². The molecule has 1 aromatic carbocycles. The van der Waals surface area contributed by atoms with Crippen molar-refractivity contribution in [2.24, 2.45) is 0 Å². The molecule has 0 fully saturated rings. The zero-order valence-corrected chi connectivity index (χ0v) is 10.7. The molecular formula is C14H17N3O. The number of aromatic nitrogens is 2. The third-order valence-electron chi connectivity index (χ3n) is 2.88. The van der Waals surface area contributed by atoms with Crippen molar-refractivity contribution >= 4 is 5.91 Å². The molecule has 2 aromatic rings. The van der Waals surface area contributed by atoms with Crippen molar-refractivity contribution in [3.05, 3.63) is 52.8 Å². The van der Waals surface area contributed by atoms with Crippen molar-refractivity contribution in [1.82, 2.24) is 15.5 Å². The quantitative estimate of drug-likeness (QED) is 0.863. The Bertz CT molecular complexity index is 545. The van der Waals surface area contributed by atoms with E-state index >= 15 is 0 Å². The number of rotatable bonds is 4. The summed E-state index contributed by atoms with van der Waals surface area (Å²) in [5.74, 6) is -0.132. The third-order valence-corrected chi connectivity index (χ3v) is 2.88. The summed E-state index contributed by atoms with van der Waals surface area (Å²) < 4.78 is 0. The molecule has 0 unspecified atom stereocenters. The zero-order chi connectivity index (χ0) is 13.0. The van der Waals surface area contributed by atoms with Crippen LogP contribution in [0.1, 0.15) is 27.3 Å². The van der Waals surface area contributed by atoms with Gasteiger partial charge in [-0.3, -0.25) is 9.89 Å². The minimum absolute atomic E-state index is 0.132. The number of carbonyl (C=O) groups excluding carboxylic acids is 1. The maximum atomic E-state index is 11.7. The Morgan fingerprint density at radius 3 is 2.78 bits per heavy atom. The standard InChI is InChI=1S/C14H17N3O/c1-10-5-3-4-6-12(10)7-8-15-14(18)13-9-11(2)16-17-13/h3-6,9H,7-8H2,1-2H3,(H,15,18)(H,16,17). The van der Waals surface area contributed by atoms with E-state index in [-0.39, 0.29) is 5.91 Å². The molecule has 1 aromatic heterocycles. The van der Waals surface area contributed by atoms with Gasteiger partial charge in [0.25, 0.3) is 5.91 Å². The largest absolute Gasteiger partial charge is 0.350 e. The van der Waals surface area contributed by atoms with Gasteiger partial charge in [-0.05, 0) is 37.5 Å². The SMILES string of the molecule is Cc1cc(C(=O)NCCc2ccccc2C)n[nH]1. The zero-order valence-electron chi connectivity index (χ0n) is 10.7. The van der Waals surface area contributed by atoms with E-state index < -0.39 is 0 Å². The van der Waals surface area contributed by atoms with Crippen LogP contribution in [0.25, 0.3) is 0 Å². The van der Waals surface area contributed by atoms with Gasteiger partial charge in [-0.2, -0.15) is 5.10 Å². The fraction of sp³-hybridized carbons (Fsp3) is 0.286. The molecule has 18 heavy (non-hydrogen) atoms. The molecule has 0 spiro atoms. The van der Waals surface area contributed by atoms with E-state index in [9.17, 15) is 4.79 Å². The highest BCUT2D eigenvalue weighted by atomic mass is 16.1. The number of benzene rings is 1. The third kappa shape index (κ3) is 2.97. The summed E-state index contributed by atoms with van der Waals surface area (Å²) in [7, 11) is 0. The molecular weight excluding hydrogens is 226 g/mol. The number of nitrogens with one attached hydrogen (secondary N) is 2. The first kappa shape index (κ1) is 12.4. The predicted octanol–water partition coefficient (Wildman–Crippen LogP) is 2.00. The van der Waals surface area contributed by atoms with Crippen LogP contribution in [0, 0.1) is 13.8 Å². The average Bonchev–Trinajstić information content (AvgIpc) is 2.78. The molecule has 1 amide bonds. The van der Waals surface area contributed by atoms with E-state index in [1.807, 2.05) is 19.1 Å². The molecule has 2 N–H and O–H groups in total. The smallest absolute Gasteiger partial charge is 0.271 e. The molecule has 0 aliphatic carbocycles. The number of H-pyrrole nitrogens is 1. The van der Waals surface area contributed by atoms with Crippen LogP contribution in [-0.4, -0.2) is 22.6 Å². The Morgan fingerprint density at radius 1 is 1.33 bits per heavy atom. The minimum Gasteiger partial charge on any atom is -0.350 e. The normalized spacial score (nSPS) is 10.3. The van der Waals surface area contributed by atoms with Gasteiger partial charge in [-0.25, -0.2) is 0 Å². The summed E-state index contributed by atoms with van der Waals surface area (Å²) in [5.41, 5.74) is 3.84. The summed E-state index contributed by atoms with van der Waals surface area (Å²) in [6, 6.07) is 9.93. The molecule has 94 valence electrons. The molecule has 0 aliphatic heterocycles. The number of amides is 1. The molecule has 0 bridgehead atoms. The van der Waals surface area contributed by atoms with Crippen LogP contribution in [-0.2, 0) is 6.42 Å². The Kier molecular flexibility index (Phi) is 3.77. The molecule has 4 heteroatoms. The van der Waals surface area contributed by atoms with Crippen molar-refractivity contribution in [2.45, 2.75) is 20.3 Å². The first-order chi connectivity index (χ1) is 8.66. The lowest BCUT2D eigenvalue weighted by molar-refractivity contribution is 0.0949. The van der Waals surface area contributed by atoms with E-state index in [1.54, 1.807) is 6.07 Å². The predicted molar refractivity (Wildman–Crippen MR) is 70.5 cm³/mol. The fourth-order valence-electron chi connectivity index (χ4n) is 1.83. The Morgan fingerprint density at radius 2 is 2.11 bits per heavy atom. The topological polar surface area (TPSA) is 57.8 Å². The number of hydrogen-bond acceptors (Lipinski definition) is 2. The highest BCUT2D eigenvalue weighted by Gasteiger charge is 2.08. The maximum absolute atomic E-state index is 11.7. The van der Waals surface area contributed by atoms with Crippen molar-refractivity contribution in [1.29, 1.82) is 0 Å². The molecule has 2 rings (SSSR count). The van der Waals surface area contributed by atoms with E-state index in [0.717, 1.165) is 12.1 Å². The Hall–Kier alpha value is -2.10. The molecule has 0 radical (unpaired) electrons. The number of hydrogen-bond donors (Lipinski definition) is 2. The number of aromatic amines is 1. The summed E-state index contributed by atoms with van der Waals surface area (Å²) in [6.45, 7) is 4.57. The molecule has 0 saturated carbocycles. The second kappa shape index (κ2) is 5.49. The van der Waals surface area contributed by atoms with Crippen LogP contribution in [0.5, 0.6) is 0 Å². The number of aryl methyl sites for hydroxylation is 2. The number of carbonyl (C=O) groups is 1. The summed E-state index contributed by atoms with van der Waals surface area (Å²) >= 11 is 0.